The minimum absolute atomic E-state index is 0.146. The second-order valence-corrected chi connectivity index (χ2v) is 5.03. The summed E-state index contributed by atoms with van der Waals surface area (Å²) in [5.74, 6) is 0. The first-order chi connectivity index (χ1) is 8.86. The van der Waals surface area contributed by atoms with Gasteiger partial charge in [-0.25, -0.2) is 0 Å². The molecule has 1 saturated heterocycles. The number of alkyl halides is 3. The third-order valence-corrected chi connectivity index (χ3v) is 3.42. The molecule has 106 valence electrons. The smallest absolute Gasteiger partial charge is 0.390 e. The molecular weight excluding hydrogens is 257 g/mol. The summed E-state index contributed by atoms with van der Waals surface area (Å²) in [6.07, 6.45) is -3.03. The van der Waals surface area contributed by atoms with Gasteiger partial charge in [-0.05, 0) is 37.5 Å². The average molecular weight is 274 g/mol. The van der Waals surface area contributed by atoms with Gasteiger partial charge in [0.2, 0.25) is 0 Å². The molecule has 2 nitrogen and oxygen atoms in total. The number of aliphatic hydroxyl groups excluding tert-OH is 1. The van der Waals surface area contributed by atoms with E-state index in [-0.39, 0.29) is 12.2 Å². The molecule has 1 heterocycles. The Bertz CT molecular complexity index is 414. The summed E-state index contributed by atoms with van der Waals surface area (Å²) < 4.78 is 42.7. The van der Waals surface area contributed by atoms with Crippen LogP contribution >= 0.6 is 0 Å². The van der Waals surface area contributed by atoms with Crippen LogP contribution < -0.4 is 0 Å². The molecule has 0 radical (unpaired) electrons. The Balaban J connectivity index is 1.96. The molecule has 0 aliphatic carbocycles. The molecule has 1 aliphatic heterocycles. The van der Waals surface area contributed by atoms with E-state index in [4.69, 9.17) is 4.74 Å². The predicted molar refractivity (Wildman–Crippen MR) is 64.7 cm³/mol. The van der Waals surface area contributed by atoms with E-state index in [0.717, 1.165) is 25.0 Å². The lowest BCUT2D eigenvalue weighted by molar-refractivity contribution is -0.137. The van der Waals surface area contributed by atoms with Crippen molar-refractivity contribution in [2.24, 2.45) is 0 Å². The van der Waals surface area contributed by atoms with Gasteiger partial charge in [0.15, 0.2) is 0 Å². The summed E-state index contributed by atoms with van der Waals surface area (Å²) in [4.78, 5) is 0. The highest BCUT2D eigenvalue weighted by Crippen LogP contribution is 2.29. The van der Waals surface area contributed by atoms with E-state index in [1.54, 1.807) is 0 Å². The van der Waals surface area contributed by atoms with Gasteiger partial charge in [-0.15, -0.1) is 0 Å². The third kappa shape index (κ3) is 3.70. The van der Waals surface area contributed by atoms with Gasteiger partial charge in [0.1, 0.15) is 0 Å². The van der Waals surface area contributed by atoms with Crippen LogP contribution in [0.5, 0.6) is 0 Å². The van der Waals surface area contributed by atoms with Gasteiger partial charge < -0.3 is 9.84 Å². The Morgan fingerprint density at radius 3 is 2.37 bits per heavy atom. The van der Waals surface area contributed by atoms with E-state index in [0.29, 0.717) is 12.0 Å². The minimum atomic E-state index is -4.32. The molecule has 0 bridgehead atoms. The lowest BCUT2D eigenvalue weighted by Crippen LogP contribution is -2.28. The zero-order valence-corrected chi connectivity index (χ0v) is 10.7. The number of ether oxygens (including phenoxy) is 1. The Labute approximate surface area is 110 Å². The Morgan fingerprint density at radius 1 is 1.26 bits per heavy atom. The van der Waals surface area contributed by atoms with Gasteiger partial charge in [-0.2, -0.15) is 13.2 Å². The molecule has 5 heteroatoms. The van der Waals surface area contributed by atoms with Gasteiger partial charge in [0.05, 0.1) is 23.9 Å². The summed E-state index contributed by atoms with van der Waals surface area (Å²) in [5.41, 5.74) is 0.0140. The predicted octanol–water partition coefficient (Wildman–Crippen LogP) is 3.18. The van der Waals surface area contributed by atoms with Crippen LogP contribution in [0.25, 0.3) is 0 Å². The standard InChI is InChI=1S/C14H17F3O2/c1-9-2-7-13(19-9)12(18)8-10-3-5-11(6-4-10)14(15,16)17/h3-6,9,12-13,18H,2,7-8H2,1H3. The van der Waals surface area contributed by atoms with Crippen LogP contribution in [0.2, 0.25) is 0 Å². The van der Waals surface area contributed by atoms with E-state index in [9.17, 15) is 18.3 Å². The number of aliphatic hydroxyl groups is 1. The lowest BCUT2D eigenvalue weighted by Gasteiger charge is -2.18. The van der Waals surface area contributed by atoms with Crippen LogP contribution in [0.15, 0.2) is 24.3 Å². The van der Waals surface area contributed by atoms with Crippen molar-refractivity contribution < 1.29 is 23.0 Å². The number of halogens is 3. The van der Waals surface area contributed by atoms with Crippen molar-refractivity contribution in [3.63, 3.8) is 0 Å². The molecule has 19 heavy (non-hydrogen) atoms. The SMILES string of the molecule is CC1CCC(C(O)Cc2ccc(C(F)(F)F)cc2)O1. The van der Waals surface area contributed by atoms with Crippen molar-refractivity contribution in [1.82, 2.24) is 0 Å². The van der Waals surface area contributed by atoms with Gasteiger partial charge in [0, 0.05) is 6.42 Å². The van der Waals surface area contributed by atoms with Crippen molar-refractivity contribution in [1.29, 1.82) is 0 Å². The summed E-state index contributed by atoms with van der Waals surface area (Å²) in [5, 5.41) is 10.0. The third-order valence-electron chi connectivity index (χ3n) is 3.42. The van der Waals surface area contributed by atoms with Crippen LogP contribution in [0.3, 0.4) is 0 Å². The first-order valence-electron chi connectivity index (χ1n) is 6.36. The molecule has 1 fully saturated rings. The molecule has 1 aromatic rings. The maximum absolute atomic E-state index is 12.4. The first-order valence-corrected chi connectivity index (χ1v) is 6.36. The van der Waals surface area contributed by atoms with Crippen molar-refractivity contribution in [2.75, 3.05) is 0 Å². The van der Waals surface area contributed by atoms with E-state index >= 15 is 0 Å². The minimum Gasteiger partial charge on any atom is -0.390 e. The Hall–Kier alpha value is -1.07. The number of hydrogen-bond acceptors (Lipinski definition) is 2. The van der Waals surface area contributed by atoms with Gasteiger partial charge >= 0.3 is 6.18 Å². The number of rotatable bonds is 3. The number of hydrogen-bond donors (Lipinski definition) is 1. The molecule has 1 N–H and O–H groups in total. The van der Waals surface area contributed by atoms with Crippen molar-refractivity contribution >= 4 is 0 Å². The Morgan fingerprint density at radius 2 is 1.89 bits per heavy atom. The van der Waals surface area contributed by atoms with Crippen LogP contribution in [0.1, 0.15) is 30.9 Å². The Kier molecular flexibility index (Phi) is 4.16. The topological polar surface area (TPSA) is 29.5 Å². The van der Waals surface area contributed by atoms with E-state index in [1.807, 2.05) is 6.92 Å². The average Bonchev–Trinajstić information content (AvgIpc) is 2.75. The molecule has 0 amide bonds. The van der Waals surface area contributed by atoms with Crippen molar-refractivity contribution in [3.8, 4) is 0 Å². The molecule has 0 saturated carbocycles. The van der Waals surface area contributed by atoms with Gasteiger partial charge in [-0.3, -0.25) is 0 Å². The first kappa shape index (κ1) is 14.3. The largest absolute Gasteiger partial charge is 0.416 e. The summed E-state index contributed by atoms with van der Waals surface area (Å²) in [6, 6.07) is 4.90. The molecular formula is C14H17F3O2. The van der Waals surface area contributed by atoms with E-state index in [1.165, 1.54) is 12.1 Å². The highest BCUT2D eigenvalue weighted by atomic mass is 19.4. The lowest BCUT2D eigenvalue weighted by atomic mass is 10.0. The molecule has 0 spiro atoms. The fraction of sp³-hybridized carbons (Fsp3) is 0.571. The summed E-state index contributed by atoms with van der Waals surface area (Å²) >= 11 is 0. The summed E-state index contributed by atoms with van der Waals surface area (Å²) in [7, 11) is 0. The van der Waals surface area contributed by atoms with Gasteiger partial charge in [0.25, 0.3) is 0 Å². The normalized spacial score (nSPS) is 25.5. The van der Waals surface area contributed by atoms with Gasteiger partial charge in [-0.1, -0.05) is 12.1 Å². The molecule has 3 atom stereocenters. The van der Waals surface area contributed by atoms with Crippen LogP contribution in [-0.4, -0.2) is 23.4 Å². The zero-order chi connectivity index (χ0) is 14.0. The molecule has 0 aromatic heterocycles. The van der Waals surface area contributed by atoms with Crippen LogP contribution in [-0.2, 0) is 17.3 Å². The molecule has 2 rings (SSSR count). The maximum atomic E-state index is 12.4. The van der Waals surface area contributed by atoms with Crippen molar-refractivity contribution in [2.45, 2.75) is 50.7 Å². The highest BCUT2D eigenvalue weighted by Gasteiger charge is 2.31. The second-order valence-electron chi connectivity index (χ2n) is 5.03. The molecule has 1 aliphatic rings. The second kappa shape index (κ2) is 5.51. The maximum Gasteiger partial charge on any atom is 0.416 e. The van der Waals surface area contributed by atoms with Crippen molar-refractivity contribution in [3.05, 3.63) is 35.4 Å². The molecule has 3 unspecified atom stereocenters. The molecule has 1 aromatic carbocycles. The number of benzene rings is 1. The highest BCUT2D eigenvalue weighted by molar-refractivity contribution is 5.25. The monoisotopic (exact) mass is 274 g/mol. The fourth-order valence-corrected chi connectivity index (χ4v) is 2.32. The zero-order valence-electron chi connectivity index (χ0n) is 10.7. The van der Waals surface area contributed by atoms with E-state index < -0.39 is 17.8 Å². The van der Waals surface area contributed by atoms with Crippen LogP contribution in [0, 0.1) is 0 Å². The van der Waals surface area contributed by atoms with E-state index in [2.05, 4.69) is 0 Å². The van der Waals surface area contributed by atoms with Crippen LogP contribution in [0.4, 0.5) is 13.2 Å². The summed E-state index contributed by atoms with van der Waals surface area (Å²) in [6.45, 7) is 1.95. The fourth-order valence-electron chi connectivity index (χ4n) is 2.32. The quantitative estimate of drug-likeness (QED) is 0.917.